The van der Waals surface area contributed by atoms with Crippen molar-refractivity contribution in [3.8, 4) is 45.3 Å². The summed E-state index contributed by atoms with van der Waals surface area (Å²) in [5.41, 5.74) is 17.3. The van der Waals surface area contributed by atoms with Gasteiger partial charge in [0.1, 0.15) is 34.6 Å². The average Bonchev–Trinajstić information content (AvgIpc) is 1.54. The van der Waals surface area contributed by atoms with E-state index in [-0.39, 0.29) is 11.6 Å². The van der Waals surface area contributed by atoms with E-state index in [4.69, 9.17) is 9.47 Å². The van der Waals surface area contributed by atoms with Crippen molar-refractivity contribution in [3.63, 3.8) is 0 Å². The van der Waals surface area contributed by atoms with E-state index in [0.717, 1.165) is 112 Å². The molecular formula is C99H72F6N2O2. The van der Waals surface area contributed by atoms with Gasteiger partial charge in [-0.1, -0.05) is 199 Å². The van der Waals surface area contributed by atoms with Gasteiger partial charge in [0.15, 0.2) is 23.3 Å². The third-order valence-electron chi connectivity index (χ3n) is 23.2. The van der Waals surface area contributed by atoms with Crippen LogP contribution in [-0.2, 0) is 27.1 Å². The molecule has 532 valence electrons. The number of hydrogen-bond donors (Lipinski definition) is 0. The van der Waals surface area contributed by atoms with Crippen LogP contribution >= 0.6 is 0 Å². The highest BCUT2D eigenvalue weighted by molar-refractivity contribution is 5.92. The minimum atomic E-state index is -1.03. The molecular weight excluding hydrogens is 1360 g/mol. The minimum Gasteiger partial charge on any atom is -0.457 e. The number of anilines is 6. The lowest BCUT2D eigenvalue weighted by Crippen LogP contribution is -2.29. The fraction of sp³-hybridized carbons (Fsp3) is 0.111. The van der Waals surface area contributed by atoms with Crippen LogP contribution in [-0.4, -0.2) is 0 Å². The van der Waals surface area contributed by atoms with Crippen molar-refractivity contribution >= 4 is 46.3 Å². The molecule has 109 heavy (non-hydrogen) atoms. The molecule has 4 aliphatic carbocycles. The molecule has 0 fully saturated rings. The normalized spacial score (nSPS) is 17.7. The van der Waals surface area contributed by atoms with Gasteiger partial charge in [0.25, 0.3) is 0 Å². The van der Waals surface area contributed by atoms with Crippen LogP contribution in [0, 0.1) is 34.9 Å². The number of rotatable bonds is 16. The van der Waals surface area contributed by atoms with E-state index < -0.39 is 50.3 Å². The van der Waals surface area contributed by atoms with Gasteiger partial charge in [0.05, 0.1) is 10.8 Å². The molecule has 0 heterocycles. The topological polar surface area (TPSA) is 24.9 Å². The molecule has 18 rings (SSSR count). The predicted octanol–water partition coefficient (Wildman–Crippen LogP) is 26.7. The van der Waals surface area contributed by atoms with Gasteiger partial charge in [-0.3, -0.25) is 0 Å². The van der Waals surface area contributed by atoms with Gasteiger partial charge in [-0.2, -0.15) is 0 Å². The van der Waals surface area contributed by atoms with Crippen molar-refractivity contribution in [2.24, 2.45) is 0 Å². The van der Waals surface area contributed by atoms with Gasteiger partial charge >= 0.3 is 0 Å². The van der Waals surface area contributed by atoms with Crippen LogP contribution < -0.4 is 19.3 Å². The smallest absolute Gasteiger partial charge is 0.160 e. The molecule has 2 atom stereocenters. The summed E-state index contributed by atoms with van der Waals surface area (Å²) in [5.74, 6) is -2.22. The predicted molar refractivity (Wildman–Crippen MR) is 426 cm³/mol. The maximum absolute atomic E-state index is 16.3. The Morgan fingerprint density at radius 2 is 0.578 bits per heavy atom. The van der Waals surface area contributed by atoms with E-state index in [1.807, 2.05) is 143 Å². The third kappa shape index (κ3) is 11.0. The van der Waals surface area contributed by atoms with E-state index in [1.54, 1.807) is 24.3 Å². The highest BCUT2D eigenvalue weighted by Crippen LogP contribution is 2.66. The van der Waals surface area contributed by atoms with Gasteiger partial charge in [0.2, 0.25) is 0 Å². The van der Waals surface area contributed by atoms with Crippen LogP contribution in [0.3, 0.4) is 0 Å². The van der Waals surface area contributed by atoms with Gasteiger partial charge in [-0.15, -0.1) is 0 Å². The first-order valence-corrected chi connectivity index (χ1v) is 36.6. The standard InChI is InChI=1S/C99H72F6N2O2/c1-7-61-17-39-75(40-18-61)108-77-43-25-65(26-44-77)98(63-21-29-67(100)30-22-63)83-15-11-9-13-79(83)81-47-33-69(53-87(81)98)106(73-37-51-91(102)93(104)57-73)71-35-49-85-89(55-71)97(59-95(85,3)4)60-96(5,6)86-50-36-72(56-90(86)97)107(74-38-52-92(103)94(105)58-74)70-34-48-82-80-14-10-12-16-84(80)99(88(82)54-70,64-23-31-68(101)32-24-64)66-27-45-78(46-28-66)109-76-41-19-62(8-2)20-42-76/h7-58H,1-2,59-60H2,3-6H3. The minimum absolute atomic E-state index is 0.380. The van der Waals surface area contributed by atoms with E-state index in [0.29, 0.717) is 70.0 Å². The monoisotopic (exact) mass is 1430 g/mol. The van der Waals surface area contributed by atoms with Crippen molar-refractivity contribution < 1.29 is 35.8 Å². The fourth-order valence-corrected chi connectivity index (χ4v) is 18.7. The number of benzene rings is 14. The number of halogens is 6. The van der Waals surface area contributed by atoms with Crippen LogP contribution in [0.1, 0.15) is 118 Å². The summed E-state index contributed by atoms with van der Waals surface area (Å²) < 4.78 is 107. The Bertz CT molecular complexity index is 5620. The van der Waals surface area contributed by atoms with Gasteiger partial charge in [-0.25, -0.2) is 26.3 Å². The van der Waals surface area contributed by atoms with Crippen LogP contribution in [0.4, 0.5) is 60.5 Å². The van der Waals surface area contributed by atoms with Gasteiger partial charge in [-0.05, 0) is 269 Å². The number of hydrogen-bond acceptors (Lipinski definition) is 4. The molecule has 4 aliphatic rings. The second-order valence-corrected chi connectivity index (χ2v) is 30.4. The number of fused-ring (bicyclic) bond motifs is 10. The first-order valence-electron chi connectivity index (χ1n) is 36.6. The summed E-state index contributed by atoms with van der Waals surface area (Å²) in [7, 11) is 0. The second kappa shape index (κ2) is 25.8. The molecule has 0 radical (unpaired) electrons. The lowest BCUT2D eigenvalue weighted by Gasteiger charge is -2.35. The molecule has 0 N–H and O–H groups in total. The average molecular weight is 1440 g/mol. The van der Waals surface area contributed by atoms with E-state index in [9.17, 15) is 0 Å². The highest BCUT2D eigenvalue weighted by atomic mass is 19.2. The molecule has 0 aromatic heterocycles. The number of ether oxygens (including phenoxy) is 2. The maximum atomic E-state index is 16.3. The summed E-state index contributed by atoms with van der Waals surface area (Å²) in [6.07, 6.45) is 4.95. The number of nitrogens with zero attached hydrogens (tertiary/aromatic N) is 2. The van der Waals surface area contributed by atoms with Crippen LogP contribution in [0.5, 0.6) is 23.0 Å². The maximum Gasteiger partial charge on any atom is 0.160 e. The molecule has 14 aromatic rings. The summed E-state index contributed by atoms with van der Waals surface area (Å²) in [4.78, 5) is 4.00. The lowest BCUT2D eigenvalue weighted by atomic mass is 9.67. The first-order chi connectivity index (χ1) is 52.8. The van der Waals surface area contributed by atoms with Crippen molar-refractivity contribution in [1.29, 1.82) is 0 Å². The van der Waals surface area contributed by atoms with Crippen LogP contribution in [0.2, 0.25) is 0 Å². The summed E-state index contributed by atoms with van der Waals surface area (Å²) >= 11 is 0. The van der Waals surface area contributed by atoms with Crippen molar-refractivity contribution in [2.45, 2.75) is 67.6 Å². The second-order valence-electron chi connectivity index (χ2n) is 30.4. The SMILES string of the molecule is C=Cc1ccc(Oc2ccc(C3(c4ccc(F)cc4)c4ccccc4-c4ccc(N(c5ccc(F)c(F)c5)c5ccc6c(c5)C5(CC6(C)C)CC(C)(C)c6ccc(N(c7ccc(F)c(F)c7)c7ccc8c(c7)C(c7ccc(F)cc7)(c7ccc(Oc9ccc(C=C)cc9)cc7)c7ccccc7-8)cc65)cc43)cc2)cc1. The van der Waals surface area contributed by atoms with E-state index in [2.05, 4.69) is 150 Å². The molecule has 4 nitrogen and oxygen atoms in total. The zero-order valence-electron chi connectivity index (χ0n) is 60.3. The summed E-state index contributed by atoms with van der Waals surface area (Å²) in [6, 6.07) is 94.8. The Balaban J connectivity index is 0.795. The Kier molecular flexibility index (Phi) is 16.1. The highest BCUT2D eigenvalue weighted by Gasteiger charge is 2.57. The molecule has 0 saturated heterocycles. The van der Waals surface area contributed by atoms with Crippen molar-refractivity contribution in [3.05, 3.63) is 429 Å². The lowest BCUT2D eigenvalue weighted by molar-refractivity contribution is 0.349. The van der Waals surface area contributed by atoms with Gasteiger partial charge < -0.3 is 19.3 Å². The largest absolute Gasteiger partial charge is 0.457 e. The Labute approximate surface area is 630 Å². The Morgan fingerprint density at radius 3 is 0.927 bits per heavy atom. The molecule has 0 bridgehead atoms. The summed E-state index contributed by atoms with van der Waals surface area (Å²) in [5, 5.41) is 0. The fourth-order valence-electron chi connectivity index (χ4n) is 18.7. The van der Waals surface area contributed by atoms with E-state index in [1.165, 1.54) is 36.4 Å². The quantitative estimate of drug-likeness (QED) is 0.0900. The summed E-state index contributed by atoms with van der Waals surface area (Å²) in [6.45, 7) is 16.9. The molecule has 1 spiro atoms. The van der Waals surface area contributed by atoms with E-state index >= 15 is 26.3 Å². The first kappa shape index (κ1) is 68.2. The van der Waals surface area contributed by atoms with Crippen LogP contribution in [0.15, 0.2) is 316 Å². The van der Waals surface area contributed by atoms with Gasteiger partial charge in [0, 0.05) is 51.7 Å². The molecule has 2 unspecified atom stereocenters. The zero-order valence-corrected chi connectivity index (χ0v) is 60.3. The van der Waals surface area contributed by atoms with Crippen LogP contribution in [0.25, 0.3) is 34.4 Å². The van der Waals surface area contributed by atoms with Crippen molar-refractivity contribution in [2.75, 3.05) is 9.80 Å². The molecule has 0 aliphatic heterocycles. The molecule has 10 heteroatoms. The Hall–Kier alpha value is -12.7. The zero-order chi connectivity index (χ0) is 74.9. The molecule has 0 amide bonds. The molecule has 14 aromatic carbocycles. The molecule has 0 saturated carbocycles. The Morgan fingerprint density at radius 1 is 0.284 bits per heavy atom. The van der Waals surface area contributed by atoms with Crippen molar-refractivity contribution in [1.82, 2.24) is 0 Å². The third-order valence-corrected chi connectivity index (χ3v) is 23.2.